The van der Waals surface area contributed by atoms with Crippen molar-refractivity contribution in [3.8, 4) is 0 Å². The van der Waals surface area contributed by atoms with E-state index in [1.54, 1.807) is 6.26 Å². The summed E-state index contributed by atoms with van der Waals surface area (Å²) in [6, 6.07) is 2.10. The van der Waals surface area contributed by atoms with Crippen molar-refractivity contribution >= 4 is 15.9 Å². The van der Waals surface area contributed by atoms with Gasteiger partial charge in [-0.15, -0.1) is 0 Å². The first-order chi connectivity index (χ1) is 6.69. The number of nitrogens with one attached hydrogen (secondary N) is 1. The normalized spacial score (nSPS) is 15.4. The van der Waals surface area contributed by atoms with Gasteiger partial charge >= 0.3 is 0 Å². The Balaban J connectivity index is 2.58. The highest BCUT2D eigenvalue weighted by Gasteiger charge is 2.15. The monoisotopic (exact) mass is 261 g/mol. The van der Waals surface area contributed by atoms with E-state index in [-0.39, 0.29) is 18.7 Å². The summed E-state index contributed by atoms with van der Waals surface area (Å²) in [5, 5.41) is 12.3. The summed E-state index contributed by atoms with van der Waals surface area (Å²) >= 11 is 3.40. The lowest BCUT2D eigenvalue weighted by Crippen LogP contribution is -2.33. The van der Waals surface area contributed by atoms with E-state index >= 15 is 0 Å². The van der Waals surface area contributed by atoms with Crippen LogP contribution in [0.5, 0.6) is 0 Å². The molecule has 1 aromatic rings. The molecule has 0 saturated carbocycles. The lowest BCUT2D eigenvalue weighted by molar-refractivity contribution is 0.225. The van der Waals surface area contributed by atoms with Crippen molar-refractivity contribution in [2.24, 2.45) is 0 Å². The van der Waals surface area contributed by atoms with E-state index in [0.29, 0.717) is 0 Å². The van der Waals surface area contributed by atoms with Gasteiger partial charge in [0.15, 0.2) is 0 Å². The fraction of sp³-hybridized carbons (Fsp3) is 0.600. The third-order valence-electron chi connectivity index (χ3n) is 2.24. The minimum absolute atomic E-state index is 0.108. The molecule has 4 heteroatoms. The Labute approximate surface area is 92.6 Å². The predicted octanol–water partition coefficient (Wildman–Crippen LogP) is 2.46. The van der Waals surface area contributed by atoms with Crippen LogP contribution in [0.1, 0.15) is 32.1 Å². The number of aliphatic hydroxyl groups is 1. The van der Waals surface area contributed by atoms with Crippen molar-refractivity contribution in [2.45, 2.75) is 32.4 Å². The summed E-state index contributed by atoms with van der Waals surface area (Å²) < 4.78 is 6.29. The van der Waals surface area contributed by atoms with Crippen molar-refractivity contribution in [3.05, 3.63) is 22.6 Å². The fourth-order valence-corrected chi connectivity index (χ4v) is 1.89. The minimum Gasteiger partial charge on any atom is -0.466 e. The third-order valence-corrected chi connectivity index (χ3v) is 2.89. The molecule has 14 heavy (non-hydrogen) atoms. The zero-order valence-electron chi connectivity index (χ0n) is 8.46. The molecule has 0 saturated heterocycles. The quantitative estimate of drug-likeness (QED) is 0.856. The lowest BCUT2D eigenvalue weighted by atomic mass is 10.2. The summed E-state index contributed by atoms with van der Waals surface area (Å²) in [7, 11) is 0. The Morgan fingerprint density at radius 2 is 2.36 bits per heavy atom. The van der Waals surface area contributed by atoms with Gasteiger partial charge in [-0.3, -0.25) is 0 Å². The Bertz CT molecular complexity index is 271. The highest BCUT2D eigenvalue weighted by Crippen LogP contribution is 2.24. The van der Waals surface area contributed by atoms with Gasteiger partial charge in [-0.2, -0.15) is 0 Å². The van der Waals surface area contributed by atoms with E-state index in [4.69, 9.17) is 9.52 Å². The number of hydrogen-bond donors (Lipinski definition) is 2. The van der Waals surface area contributed by atoms with Crippen LogP contribution in [0.15, 0.2) is 21.2 Å². The van der Waals surface area contributed by atoms with Gasteiger partial charge in [0.05, 0.1) is 23.4 Å². The van der Waals surface area contributed by atoms with Crippen molar-refractivity contribution in [1.82, 2.24) is 5.32 Å². The predicted molar refractivity (Wildman–Crippen MR) is 59.1 cm³/mol. The lowest BCUT2D eigenvalue weighted by Gasteiger charge is -2.19. The molecule has 0 aliphatic rings. The summed E-state index contributed by atoms with van der Waals surface area (Å²) in [6.07, 6.45) is 2.55. The van der Waals surface area contributed by atoms with Gasteiger partial charge in [0.2, 0.25) is 0 Å². The molecule has 1 rings (SSSR count). The van der Waals surface area contributed by atoms with Crippen LogP contribution in [0.4, 0.5) is 0 Å². The Kier molecular flexibility index (Phi) is 4.65. The second-order valence-corrected chi connectivity index (χ2v) is 4.16. The molecule has 3 nitrogen and oxygen atoms in total. The molecule has 80 valence electrons. The Morgan fingerprint density at radius 1 is 1.64 bits per heavy atom. The maximum absolute atomic E-state index is 9.04. The highest BCUT2D eigenvalue weighted by molar-refractivity contribution is 9.10. The summed E-state index contributed by atoms with van der Waals surface area (Å²) in [5.74, 6) is 0.872. The number of hydrogen-bond acceptors (Lipinski definition) is 3. The molecule has 0 aromatic carbocycles. The average molecular weight is 262 g/mol. The first-order valence-corrected chi connectivity index (χ1v) is 5.58. The highest BCUT2D eigenvalue weighted by atomic mass is 79.9. The van der Waals surface area contributed by atoms with Gasteiger partial charge in [0.25, 0.3) is 0 Å². The zero-order valence-corrected chi connectivity index (χ0v) is 10.0. The van der Waals surface area contributed by atoms with Crippen molar-refractivity contribution in [2.75, 3.05) is 6.61 Å². The first kappa shape index (κ1) is 11.8. The van der Waals surface area contributed by atoms with Crippen LogP contribution in [0, 0.1) is 0 Å². The van der Waals surface area contributed by atoms with Gasteiger partial charge in [-0.1, -0.05) is 6.92 Å². The largest absolute Gasteiger partial charge is 0.466 e. The Hall–Kier alpha value is -0.320. The molecule has 0 radical (unpaired) electrons. The molecule has 0 aliphatic heterocycles. The maximum Gasteiger partial charge on any atom is 0.134 e. The van der Waals surface area contributed by atoms with Gasteiger partial charge < -0.3 is 14.8 Å². The molecule has 0 fully saturated rings. The molecule has 0 aliphatic carbocycles. The van der Waals surface area contributed by atoms with Crippen LogP contribution in [0.2, 0.25) is 0 Å². The van der Waals surface area contributed by atoms with Gasteiger partial charge in [-0.25, -0.2) is 0 Å². The molecular weight excluding hydrogens is 246 g/mol. The van der Waals surface area contributed by atoms with Crippen LogP contribution in [0.3, 0.4) is 0 Å². The van der Waals surface area contributed by atoms with E-state index in [0.717, 1.165) is 16.7 Å². The summed E-state index contributed by atoms with van der Waals surface area (Å²) in [5.41, 5.74) is 0. The molecule has 0 spiro atoms. The van der Waals surface area contributed by atoms with Crippen LogP contribution >= 0.6 is 15.9 Å². The number of halogens is 1. The summed E-state index contributed by atoms with van der Waals surface area (Å²) in [6.45, 7) is 4.21. The van der Waals surface area contributed by atoms with Gasteiger partial charge in [0, 0.05) is 6.04 Å². The van der Waals surface area contributed by atoms with E-state index in [1.807, 2.05) is 19.9 Å². The second-order valence-electron chi connectivity index (χ2n) is 3.31. The molecule has 0 amide bonds. The molecular formula is C10H16BrNO2. The second kappa shape index (κ2) is 5.53. The third kappa shape index (κ3) is 2.83. The van der Waals surface area contributed by atoms with Crippen molar-refractivity contribution < 1.29 is 9.52 Å². The number of aliphatic hydroxyl groups excluding tert-OH is 1. The maximum atomic E-state index is 9.04. The van der Waals surface area contributed by atoms with Crippen molar-refractivity contribution in [3.63, 3.8) is 0 Å². The minimum atomic E-state index is 0.108. The smallest absolute Gasteiger partial charge is 0.134 e. The number of furan rings is 1. The van der Waals surface area contributed by atoms with E-state index in [2.05, 4.69) is 21.2 Å². The van der Waals surface area contributed by atoms with Crippen LogP contribution in [-0.4, -0.2) is 17.8 Å². The van der Waals surface area contributed by atoms with Gasteiger partial charge in [-0.05, 0) is 35.3 Å². The van der Waals surface area contributed by atoms with E-state index in [9.17, 15) is 0 Å². The summed E-state index contributed by atoms with van der Waals surface area (Å²) in [4.78, 5) is 0. The molecule has 2 N–H and O–H groups in total. The van der Waals surface area contributed by atoms with E-state index < -0.39 is 0 Å². The SMILES string of the molecule is CC[C@H](CO)NC(C)c1occc1Br. The molecule has 0 bridgehead atoms. The molecule has 1 heterocycles. The van der Waals surface area contributed by atoms with Crippen LogP contribution in [-0.2, 0) is 0 Å². The molecule has 2 atom stereocenters. The van der Waals surface area contributed by atoms with Crippen LogP contribution < -0.4 is 5.32 Å². The standard InChI is InChI=1S/C10H16BrNO2/c1-3-8(6-13)12-7(2)10-9(11)4-5-14-10/h4-5,7-8,12-13H,3,6H2,1-2H3/t7?,8-/m1/s1. The topological polar surface area (TPSA) is 45.4 Å². The van der Waals surface area contributed by atoms with Gasteiger partial charge in [0.1, 0.15) is 5.76 Å². The van der Waals surface area contributed by atoms with Crippen molar-refractivity contribution in [1.29, 1.82) is 0 Å². The average Bonchev–Trinajstić information content (AvgIpc) is 2.60. The zero-order chi connectivity index (χ0) is 10.6. The molecule has 1 aromatic heterocycles. The van der Waals surface area contributed by atoms with Crippen LogP contribution in [0.25, 0.3) is 0 Å². The first-order valence-electron chi connectivity index (χ1n) is 4.78. The Morgan fingerprint density at radius 3 is 2.79 bits per heavy atom. The number of rotatable bonds is 5. The van der Waals surface area contributed by atoms with E-state index in [1.165, 1.54) is 0 Å². The molecule has 1 unspecified atom stereocenters. The fourth-order valence-electron chi connectivity index (χ4n) is 1.34.